The maximum atomic E-state index is 12.6. The molecule has 1 aliphatic carbocycles. The number of amides is 2. The Kier molecular flexibility index (Phi) is 7.40. The Hall–Kier alpha value is -3.79. The van der Waals surface area contributed by atoms with Crippen LogP contribution in [-0.2, 0) is 6.54 Å². The van der Waals surface area contributed by atoms with Crippen molar-refractivity contribution >= 4 is 23.3 Å². The highest BCUT2D eigenvalue weighted by atomic mass is 19.4. The highest BCUT2D eigenvalue weighted by Gasteiger charge is 2.32. The molecule has 2 amide bonds. The van der Waals surface area contributed by atoms with Crippen molar-refractivity contribution in [3.63, 3.8) is 0 Å². The van der Waals surface area contributed by atoms with E-state index in [1.54, 1.807) is 6.20 Å². The molecule has 1 fully saturated rings. The summed E-state index contributed by atoms with van der Waals surface area (Å²) in [5, 5.41) is 11.1. The van der Waals surface area contributed by atoms with Gasteiger partial charge in [-0.15, -0.1) is 13.2 Å². The second-order valence-corrected chi connectivity index (χ2v) is 8.34. The molecule has 1 saturated carbocycles. The number of rotatable bonds is 8. The van der Waals surface area contributed by atoms with Crippen LogP contribution < -0.4 is 26.0 Å². The van der Waals surface area contributed by atoms with Crippen molar-refractivity contribution in [2.75, 3.05) is 11.9 Å². The van der Waals surface area contributed by atoms with E-state index in [0.29, 0.717) is 5.70 Å². The first kappa shape index (κ1) is 24.3. The Morgan fingerprint density at radius 3 is 2.54 bits per heavy atom. The third-order valence-corrected chi connectivity index (χ3v) is 5.52. The molecule has 0 spiro atoms. The average molecular weight is 486 g/mol. The molecule has 2 aromatic carbocycles. The van der Waals surface area contributed by atoms with Crippen LogP contribution in [0.1, 0.15) is 30.4 Å². The molecule has 4 N–H and O–H groups in total. The van der Waals surface area contributed by atoms with Gasteiger partial charge in [-0.2, -0.15) is 0 Å². The largest absolute Gasteiger partial charge is 0.573 e. The van der Waals surface area contributed by atoms with E-state index in [4.69, 9.17) is 0 Å². The number of allylic oxidation sites excluding steroid dienone is 1. The maximum Gasteiger partial charge on any atom is 0.573 e. The SMILES string of the molecule is C=C1N=C(NC(=O)Nc2ccccc2OC(F)(F)F)NC=C1c1ccc(CNCCC2CC2)cc1. The van der Waals surface area contributed by atoms with Gasteiger partial charge in [0.2, 0.25) is 5.96 Å². The molecule has 0 bridgehead atoms. The molecule has 0 atom stereocenters. The van der Waals surface area contributed by atoms with E-state index in [-0.39, 0.29) is 11.6 Å². The van der Waals surface area contributed by atoms with Crippen molar-refractivity contribution in [1.82, 2.24) is 16.0 Å². The van der Waals surface area contributed by atoms with Crippen LogP contribution in [-0.4, -0.2) is 24.9 Å². The number of nitrogens with one attached hydrogen (secondary N) is 4. The smallest absolute Gasteiger partial charge is 0.404 e. The number of halogens is 3. The van der Waals surface area contributed by atoms with Crippen LogP contribution in [0, 0.1) is 5.92 Å². The number of carbonyl (C=O) groups is 1. The minimum Gasteiger partial charge on any atom is -0.404 e. The predicted octanol–water partition coefficient (Wildman–Crippen LogP) is 5.11. The fourth-order valence-corrected chi connectivity index (χ4v) is 3.56. The van der Waals surface area contributed by atoms with Crippen molar-refractivity contribution in [2.45, 2.75) is 32.2 Å². The van der Waals surface area contributed by atoms with E-state index < -0.39 is 18.1 Å². The van der Waals surface area contributed by atoms with Crippen molar-refractivity contribution in [3.05, 3.63) is 78.1 Å². The number of anilines is 1. The molecule has 0 aromatic heterocycles. The van der Waals surface area contributed by atoms with Gasteiger partial charge < -0.3 is 20.7 Å². The van der Waals surface area contributed by atoms with E-state index in [9.17, 15) is 18.0 Å². The number of nitrogens with zero attached hydrogens (tertiary/aromatic N) is 1. The van der Waals surface area contributed by atoms with E-state index in [2.05, 4.69) is 37.6 Å². The molecule has 0 saturated heterocycles. The number of aliphatic imine (C=N–C) groups is 1. The van der Waals surface area contributed by atoms with Gasteiger partial charge in [0.05, 0.1) is 11.4 Å². The zero-order valence-electron chi connectivity index (χ0n) is 18.9. The molecule has 10 heteroatoms. The summed E-state index contributed by atoms with van der Waals surface area (Å²) < 4.78 is 41.7. The number of urea groups is 1. The first-order valence-electron chi connectivity index (χ1n) is 11.2. The van der Waals surface area contributed by atoms with Gasteiger partial charge >= 0.3 is 12.4 Å². The first-order valence-corrected chi connectivity index (χ1v) is 11.2. The van der Waals surface area contributed by atoms with E-state index in [0.717, 1.165) is 36.2 Å². The lowest BCUT2D eigenvalue weighted by Gasteiger charge is -2.18. The topological polar surface area (TPSA) is 86.8 Å². The summed E-state index contributed by atoms with van der Waals surface area (Å²) in [4.78, 5) is 16.6. The first-order chi connectivity index (χ1) is 16.8. The number of ether oxygens (including phenoxy) is 1. The molecule has 0 unspecified atom stereocenters. The Morgan fingerprint density at radius 1 is 1.11 bits per heavy atom. The van der Waals surface area contributed by atoms with Crippen molar-refractivity contribution in [2.24, 2.45) is 10.9 Å². The number of hydrogen-bond donors (Lipinski definition) is 4. The molecular formula is C25H26F3N5O2. The minimum absolute atomic E-state index is 0.0851. The molecule has 1 heterocycles. The average Bonchev–Trinajstić information content (AvgIpc) is 3.62. The fraction of sp³-hybridized carbons (Fsp3) is 0.280. The van der Waals surface area contributed by atoms with Crippen LogP contribution in [0.5, 0.6) is 5.75 Å². The van der Waals surface area contributed by atoms with Gasteiger partial charge in [-0.25, -0.2) is 9.79 Å². The van der Waals surface area contributed by atoms with Crippen LogP contribution in [0.25, 0.3) is 5.57 Å². The van der Waals surface area contributed by atoms with Crippen molar-refractivity contribution < 1.29 is 22.7 Å². The molecule has 4 rings (SSSR count). The highest BCUT2D eigenvalue weighted by Crippen LogP contribution is 2.32. The van der Waals surface area contributed by atoms with Crippen LogP contribution in [0.3, 0.4) is 0 Å². The lowest BCUT2D eigenvalue weighted by atomic mass is 10.0. The Morgan fingerprint density at radius 2 is 1.86 bits per heavy atom. The number of carbonyl (C=O) groups excluding carboxylic acids is 1. The summed E-state index contributed by atoms with van der Waals surface area (Å²) in [5.41, 5.74) is 3.13. The summed E-state index contributed by atoms with van der Waals surface area (Å²) in [6.07, 6.45) is 0.732. The van der Waals surface area contributed by atoms with E-state index in [1.165, 1.54) is 43.0 Å². The van der Waals surface area contributed by atoms with Crippen LogP contribution >= 0.6 is 0 Å². The zero-order chi connectivity index (χ0) is 24.8. The van der Waals surface area contributed by atoms with Crippen molar-refractivity contribution in [1.29, 1.82) is 0 Å². The second kappa shape index (κ2) is 10.6. The van der Waals surface area contributed by atoms with Gasteiger partial charge in [0.25, 0.3) is 0 Å². The lowest BCUT2D eigenvalue weighted by molar-refractivity contribution is -0.274. The number of para-hydroxylation sites is 2. The summed E-state index contributed by atoms with van der Waals surface area (Å²) in [7, 11) is 0. The molecule has 0 radical (unpaired) electrons. The lowest BCUT2D eigenvalue weighted by Crippen LogP contribution is -2.42. The molecule has 2 aromatic rings. The molecule has 35 heavy (non-hydrogen) atoms. The number of hydrogen-bond acceptors (Lipinski definition) is 5. The summed E-state index contributed by atoms with van der Waals surface area (Å²) in [6, 6.07) is 12.5. The molecule has 2 aliphatic rings. The van der Waals surface area contributed by atoms with Crippen LogP contribution in [0.2, 0.25) is 0 Å². The number of guanidine groups is 1. The van der Waals surface area contributed by atoms with Gasteiger partial charge in [-0.3, -0.25) is 5.32 Å². The zero-order valence-corrected chi connectivity index (χ0v) is 18.9. The fourth-order valence-electron chi connectivity index (χ4n) is 3.56. The molecule has 7 nitrogen and oxygen atoms in total. The van der Waals surface area contributed by atoms with Gasteiger partial charge in [0.1, 0.15) is 0 Å². The van der Waals surface area contributed by atoms with Crippen LogP contribution in [0.4, 0.5) is 23.7 Å². The Bertz CT molecular complexity index is 1140. The molecule has 184 valence electrons. The quantitative estimate of drug-likeness (QED) is 0.392. The molecule has 1 aliphatic heterocycles. The Balaban J connectivity index is 1.29. The maximum absolute atomic E-state index is 12.6. The number of alkyl halides is 3. The monoisotopic (exact) mass is 485 g/mol. The summed E-state index contributed by atoms with van der Waals surface area (Å²) in [6.45, 7) is 5.78. The van der Waals surface area contributed by atoms with E-state index >= 15 is 0 Å². The summed E-state index contributed by atoms with van der Waals surface area (Å²) in [5.74, 6) is 0.468. The van der Waals surface area contributed by atoms with Gasteiger partial charge in [-0.05, 0) is 42.1 Å². The van der Waals surface area contributed by atoms with E-state index in [1.807, 2.05) is 24.3 Å². The third-order valence-electron chi connectivity index (χ3n) is 5.52. The van der Waals surface area contributed by atoms with Gasteiger partial charge in [0, 0.05) is 18.3 Å². The number of benzene rings is 2. The van der Waals surface area contributed by atoms with Gasteiger partial charge in [-0.1, -0.05) is 55.8 Å². The molecular weight excluding hydrogens is 459 g/mol. The van der Waals surface area contributed by atoms with Crippen LogP contribution in [0.15, 0.2) is 72.0 Å². The third kappa shape index (κ3) is 7.35. The Labute approximate surface area is 201 Å². The standard InChI is InChI=1S/C25H26F3N5O2/c1-16-20(19-10-8-18(9-11-19)14-29-13-12-17-6-7-17)15-30-23(31-16)33-24(34)32-21-4-2-3-5-22(21)35-25(26,27)28/h2-5,8-11,15,17,29H,1,6-7,12-14H2,(H3,30,31,32,33,34). The predicted molar refractivity (Wildman–Crippen MR) is 128 cm³/mol. The summed E-state index contributed by atoms with van der Waals surface area (Å²) >= 11 is 0. The van der Waals surface area contributed by atoms with Gasteiger partial charge in [0.15, 0.2) is 5.75 Å². The second-order valence-electron chi connectivity index (χ2n) is 8.34. The van der Waals surface area contributed by atoms with Crippen molar-refractivity contribution in [3.8, 4) is 5.75 Å². The minimum atomic E-state index is -4.88. The highest BCUT2D eigenvalue weighted by molar-refractivity contribution is 6.05. The normalized spacial score (nSPS) is 15.6.